The maximum atomic E-state index is 8.98. The highest BCUT2D eigenvalue weighted by Gasteiger charge is 2.13. The molecule has 0 amide bonds. The molecular formula is C10H16N4. The lowest BCUT2D eigenvalue weighted by Crippen LogP contribution is -2.25. The average Bonchev–Trinajstić information content (AvgIpc) is 2.53. The summed E-state index contributed by atoms with van der Waals surface area (Å²) in [4.78, 5) is 3.99. The fourth-order valence-corrected chi connectivity index (χ4v) is 1.22. The van der Waals surface area contributed by atoms with Crippen molar-refractivity contribution in [2.75, 3.05) is 6.54 Å². The molecule has 0 radical (unpaired) electrons. The molecule has 1 rings (SSSR count). The number of aromatic nitrogens is 2. The number of aryl methyl sites for hydroxylation is 1. The zero-order valence-corrected chi connectivity index (χ0v) is 8.86. The molecule has 0 aliphatic rings. The van der Waals surface area contributed by atoms with E-state index in [1.807, 2.05) is 11.6 Å². The minimum atomic E-state index is -0.259. The second-order valence-corrected chi connectivity index (χ2v) is 3.79. The van der Waals surface area contributed by atoms with Crippen molar-refractivity contribution in [3.8, 4) is 6.07 Å². The van der Waals surface area contributed by atoms with Crippen LogP contribution in [0, 0.1) is 17.2 Å². The van der Waals surface area contributed by atoms with Crippen LogP contribution in [0.4, 0.5) is 0 Å². The van der Waals surface area contributed by atoms with Crippen LogP contribution in [0.15, 0.2) is 12.5 Å². The van der Waals surface area contributed by atoms with Crippen LogP contribution in [0.2, 0.25) is 0 Å². The third-order valence-electron chi connectivity index (χ3n) is 2.01. The van der Waals surface area contributed by atoms with Gasteiger partial charge in [0.05, 0.1) is 24.3 Å². The zero-order chi connectivity index (χ0) is 10.6. The van der Waals surface area contributed by atoms with Crippen LogP contribution in [0.1, 0.15) is 25.6 Å². The normalized spacial score (nSPS) is 12.8. The first kappa shape index (κ1) is 10.7. The lowest BCUT2D eigenvalue weighted by molar-refractivity contribution is 0.512. The van der Waals surface area contributed by atoms with Crippen molar-refractivity contribution in [3.63, 3.8) is 0 Å². The van der Waals surface area contributed by atoms with Crippen molar-refractivity contribution in [3.05, 3.63) is 18.2 Å². The molecule has 0 fully saturated rings. The third-order valence-corrected chi connectivity index (χ3v) is 2.01. The molecule has 0 aliphatic heterocycles. The number of nitriles is 1. The first-order chi connectivity index (χ1) is 6.65. The van der Waals surface area contributed by atoms with E-state index >= 15 is 0 Å². The Balaban J connectivity index is 2.65. The monoisotopic (exact) mass is 192 g/mol. The number of imidazole rings is 1. The van der Waals surface area contributed by atoms with Crippen LogP contribution in [0.5, 0.6) is 0 Å². The van der Waals surface area contributed by atoms with E-state index in [2.05, 4.69) is 30.2 Å². The van der Waals surface area contributed by atoms with Crippen molar-refractivity contribution in [2.45, 2.75) is 19.9 Å². The first-order valence-electron chi connectivity index (χ1n) is 4.74. The molecule has 1 aromatic rings. The van der Waals surface area contributed by atoms with Crippen LogP contribution in [0.25, 0.3) is 0 Å². The molecule has 4 heteroatoms. The zero-order valence-electron chi connectivity index (χ0n) is 8.86. The molecule has 4 nitrogen and oxygen atoms in total. The summed E-state index contributed by atoms with van der Waals surface area (Å²) in [7, 11) is 1.89. The third kappa shape index (κ3) is 2.57. The minimum Gasteiger partial charge on any atom is -0.335 e. The quantitative estimate of drug-likeness (QED) is 0.780. The van der Waals surface area contributed by atoms with E-state index in [-0.39, 0.29) is 6.04 Å². The van der Waals surface area contributed by atoms with E-state index < -0.39 is 0 Å². The van der Waals surface area contributed by atoms with Gasteiger partial charge in [0.2, 0.25) is 0 Å². The maximum Gasteiger partial charge on any atom is 0.138 e. The Morgan fingerprint density at radius 1 is 1.64 bits per heavy atom. The maximum absolute atomic E-state index is 8.98. The van der Waals surface area contributed by atoms with Gasteiger partial charge in [-0.05, 0) is 12.5 Å². The molecule has 1 aromatic heterocycles. The second kappa shape index (κ2) is 4.77. The van der Waals surface area contributed by atoms with E-state index in [0.717, 1.165) is 12.2 Å². The molecule has 0 saturated carbocycles. The Labute approximate surface area is 84.6 Å². The predicted octanol–water partition coefficient (Wildman–Crippen LogP) is 1.23. The van der Waals surface area contributed by atoms with E-state index in [4.69, 9.17) is 5.26 Å². The smallest absolute Gasteiger partial charge is 0.138 e. The Kier molecular flexibility index (Phi) is 3.66. The van der Waals surface area contributed by atoms with Crippen molar-refractivity contribution in [1.29, 1.82) is 5.26 Å². The Hall–Kier alpha value is -1.34. The average molecular weight is 192 g/mol. The van der Waals surface area contributed by atoms with Gasteiger partial charge in [-0.2, -0.15) is 5.26 Å². The van der Waals surface area contributed by atoms with Crippen LogP contribution < -0.4 is 5.32 Å². The predicted molar refractivity (Wildman–Crippen MR) is 54.4 cm³/mol. The summed E-state index contributed by atoms with van der Waals surface area (Å²) < 4.78 is 1.86. The molecule has 1 unspecified atom stereocenters. The molecule has 0 aromatic carbocycles. The summed E-state index contributed by atoms with van der Waals surface area (Å²) in [5, 5.41) is 12.2. The Bertz CT molecular complexity index is 321. The first-order valence-corrected chi connectivity index (χ1v) is 4.74. The van der Waals surface area contributed by atoms with Gasteiger partial charge in [-0.1, -0.05) is 13.8 Å². The summed E-state index contributed by atoms with van der Waals surface area (Å²) >= 11 is 0. The summed E-state index contributed by atoms with van der Waals surface area (Å²) in [6.07, 6.45) is 3.43. The molecule has 0 bridgehead atoms. The van der Waals surface area contributed by atoms with E-state index in [1.54, 1.807) is 12.5 Å². The van der Waals surface area contributed by atoms with Gasteiger partial charge < -0.3 is 4.57 Å². The van der Waals surface area contributed by atoms with Gasteiger partial charge in [0, 0.05) is 7.05 Å². The topological polar surface area (TPSA) is 53.6 Å². The number of hydrogen-bond donors (Lipinski definition) is 1. The molecule has 1 atom stereocenters. The number of nitrogens with one attached hydrogen (secondary N) is 1. The Morgan fingerprint density at radius 3 is 2.79 bits per heavy atom. The Morgan fingerprint density at radius 2 is 2.36 bits per heavy atom. The highest BCUT2D eigenvalue weighted by Crippen LogP contribution is 2.10. The summed E-state index contributed by atoms with van der Waals surface area (Å²) in [6.45, 7) is 5.07. The number of hydrogen-bond acceptors (Lipinski definition) is 3. The molecule has 1 heterocycles. The fourth-order valence-electron chi connectivity index (χ4n) is 1.22. The van der Waals surface area contributed by atoms with Crippen LogP contribution in [0.3, 0.4) is 0 Å². The van der Waals surface area contributed by atoms with Gasteiger partial charge in [-0.3, -0.25) is 5.32 Å². The van der Waals surface area contributed by atoms with Gasteiger partial charge in [0.1, 0.15) is 6.04 Å². The minimum absolute atomic E-state index is 0.259. The largest absolute Gasteiger partial charge is 0.335 e. The lowest BCUT2D eigenvalue weighted by Gasteiger charge is -2.13. The van der Waals surface area contributed by atoms with Crippen LogP contribution >= 0.6 is 0 Å². The highest BCUT2D eigenvalue weighted by molar-refractivity contribution is 5.13. The summed E-state index contributed by atoms with van der Waals surface area (Å²) in [5.41, 5.74) is 0.910. The molecule has 1 N–H and O–H groups in total. The molecule has 14 heavy (non-hydrogen) atoms. The van der Waals surface area contributed by atoms with Crippen LogP contribution in [-0.4, -0.2) is 16.1 Å². The summed E-state index contributed by atoms with van der Waals surface area (Å²) in [6, 6.07) is 1.97. The summed E-state index contributed by atoms with van der Waals surface area (Å²) in [5.74, 6) is 0.541. The van der Waals surface area contributed by atoms with Gasteiger partial charge in [-0.15, -0.1) is 0 Å². The second-order valence-electron chi connectivity index (χ2n) is 3.79. The van der Waals surface area contributed by atoms with Gasteiger partial charge in [-0.25, -0.2) is 4.98 Å². The van der Waals surface area contributed by atoms with Gasteiger partial charge >= 0.3 is 0 Å². The van der Waals surface area contributed by atoms with Gasteiger partial charge in [0.15, 0.2) is 0 Å². The fraction of sp³-hybridized carbons (Fsp3) is 0.600. The molecule has 0 saturated heterocycles. The lowest BCUT2D eigenvalue weighted by atomic mass is 10.2. The SMILES string of the molecule is CC(C)CNC(C#N)c1cncn1C. The number of nitrogens with zero attached hydrogens (tertiary/aromatic N) is 3. The van der Waals surface area contributed by atoms with Crippen molar-refractivity contribution < 1.29 is 0 Å². The standard InChI is InChI=1S/C10H16N4/c1-8(2)5-13-9(4-11)10-6-12-7-14(10)3/h6-9,13H,5H2,1-3H3. The highest BCUT2D eigenvalue weighted by atomic mass is 15.1. The molecule has 0 spiro atoms. The van der Waals surface area contributed by atoms with Crippen molar-refractivity contribution in [2.24, 2.45) is 13.0 Å². The van der Waals surface area contributed by atoms with E-state index in [1.165, 1.54) is 0 Å². The van der Waals surface area contributed by atoms with Crippen molar-refractivity contribution in [1.82, 2.24) is 14.9 Å². The molecule has 76 valence electrons. The molecular weight excluding hydrogens is 176 g/mol. The van der Waals surface area contributed by atoms with E-state index in [0.29, 0.717) is 5.92 Å². The van der Waals surface area contributed by atoms with Gasteiger partial charge in [0.25, 0.3) is 0 Å². The van der Waals surface area contributed by atoms with Crippen molar-refractivity contribution >= 4 is 0 Å². The van der Waals surface area contributed by atoms with E-state index in [9.17, 15) is 0 Å². The number of rotatable bonds is 4. The molecule has 0 aliphatic carbocycles. The van der Waals surface area contributed by atoms with Crippen LogP contribution in [-0.2, 0) is 7.05 Å².